The highest BCUT2D eigenvalue weighted by atomic mass is 79.9. The van der Waals surface area contributed by atoms with Gasteiger partial charge in [0.25, 0.3) is 0 Å². The highest BCUT2D eigenvalue weighted by Crippen LogP contribution is 2.32. The van der Waals surface area contributed by atoms with Gasteiger partial charge in [-0.1, -0.05) is 25.7 Å². The number of ether oxygens (including phenoxy) is 1. The molecule has 1 aromatic heterocycles. The molecule has 2 rings (SSSR count). The number of aromatic nitrogens is 1. The molecular weight excluding hydrogens is 316 g/mol. The number of hydrogen-bond acceptors (Lipinski definition) is 3. The minimum atomic E-state index is 0.697. The maximum atomic E-state index is 5.10. The lowest BCUT2D eigenvalue weighted by molar-refractivity contribution is 0.195. The molecule has 1 unspecified atom stereocenters. The van der Waals surface area contributed by atoms with Crippen LogP contribution in [0.2, 0.25) is 0 Å². The van der Waals surface area contributed by atoms with Gasteiger partial charge in [-0.05, 0) is 52.9 Å². The third kappa shape index (κ3) is 5.15. The first kappa shape index (κ1) is 15.9. The second-order valence-electron chi connectivity index (χ2n) is 5.67. The predicted molar refractivity (Wildman–Crippen MR) is 85.8 cm³/mol. The van der Waals surface area contributed by atoms with Crippen LogP contribution >= 0.6 is 15.9 Å². The summed E-state index contributed by atoms with van der Waals surface area (Å²) in [4.78, 5) is 4.53. The Kier molecular flexibility index (Phi) is 6.97. The van der Waals surface area contributed by atoms with Gasteiger partial charge in [0.2, 0.25) is 0 Å². The second-order valence-corrected chi connectivity index (χ2v) is 6.59. The molecule has 0 bridgehead atoms. The van der Waals surface area contributed by atoms with Gasteiger partial charge < -0.3 is 10.1 Å². The van der Waals surface area contributed by atoms with Crippen LogP contribution in [0.1, 0.15) is 31.4 Å². The van der Waals surface area contributed by atoms with Crippen LogP contribution in [-0.4, -0.2) is 31.8 Å². The van der Waals surface area contributed by atoms with Crippen molar-refractivity contribution >= 4 is 15.9 Å². The first-order valence-corrected chi connectivity index (χ1v) is 8.39. The lowest BCUT2D eigenvalue weighted by atomic mass is 9.87. The van der Waals surface area contributed by atoms with E-state index in [0.29, 0.717) is 5.92 Å². The summed E-state index contributed by atoms with van der Waals surface area (Å²) in [6.07, 6.45) is 8.54. The third-order valence-corrected chi connectivity index (χ3v) is 4.69. The minimum Gasteiger partial charge on any atom is -0.383 e. The van der Waals surface area contributed by atoms with Gasteiger partial charge in [-0.25, -0.2) is 0 Å². The van der Waals surface area contributed by atoms with Crippen LogP contribution in [0.3, 0.4) is 0 Å². The minimum absolute atomic E-state index is 0.697. The van der Waals surface area contributed by atoms with Crippen LogP contribution in [0.25, 0.3) is 0 Å². The summed E-state index contributed by atoms with van der Waals surface area (Å²) in [6.45, 7) is 2.80. The van der Waals surface area contributed by atoms with Gasteiger partial charge in [0.05, 0.1) is 6.61 Å². The summed E-state index contributed by atoms with van der Waals surface area (Å²) >= 11 is 3.45. The van der Waals surface area contributed by atoms with E-state index in [1.165, 1.54) is 31.4 Å². The number of nitrogens with one attached hydrogen (secondary N) is 1. The Bertz CT molecular complexity index is 377. The number of halogens is 1. The average Bonchev–Trinajstić information content (AvgIpc) is 2.98. The molecule has 4 heteroatoms. The molecule has 1 fully saturated rings. The van der Waals surface area contributed by atoms with Gasteiger partial charge >= 0.3 is 0 Å². The van der Waals surface area contributed by atoms with Gasteiger partial charge in [0.1, 0.15) is 0 Å². The van der Waals surface area contributed by atoms with Crippen LogP contribution in [0.5, 0.6) is 0 Å². The molecule has 1 N–H and O–H groups in total. The van der Waals surface area contributed by atoms with E-state index in [-0.39, 0.29) is 0 Å². The summed E-state index contributed by atoms with van der Waals surface area (Å²) in [5.74, 6) is 1.55. The van der Waals surface area contributed by atoms with Crippen molar-refractivity contribution in [2.75, 3.05) is 26.8 Å². The predicted octanol–water partition coefficient (Wildman–Crippen LogP) is 3.43. The number of hydrogen-bond donors (Lipinski definition) is 1. The molecular formula is C16H25BrN2O. The summed E-state index contributed by atoms with van der Waals surface area (Å²) in [6, 6.07) is 4.23. The average molecular weight is 341 g/mol. The SMILES string of the molecule is COCCNCC(Cc1ccc(Br)cn1)C1CCCC1. The monoisotopic (exact) mass is 340 g/mol. The van der Waals surface area contributed by atoms with E-state index in [4.69, 9.17) is 4.74 Å². The van der Waals surface area contributed by atoms with Crippen molar-refractivity contribution in [1.29, 1.82) is 0 Å². The van der Waals surface area contributed by atoms with Gasteiger partial charge in [0, 0.05) is 30.0 Å². The fraction of sp³-hybridized carbons (Fsp3) is 0.688. The van der Waals surface area contributed by atoms with Gasteiger partial charge in [0.15, 0.2) is 0 Å². The largest absolute Gasteiger partial charge is 0.383 e. The van der Waals surface area contributed by atoms with E-state index in [1.54, 1.807) is 7.11 Å². The van der Waals surface area contributed by atoms with Gasteiger partial charge in [-0.15, -0.1) is 0 Å². The quantitative estimate of drug-likeness (QED) is 0.736. The molecule has 0 aromatic carbocycles. The first-order chi connectivity index (χ1) is 9.79. The molecule has 1 saturated carbocycles. The Labute approximate surface area is 130 Å². The third-order valence-electron chi connectivity index (χ3n) is 4.22. The highest BCUT2D eigenvalue weighted by molar-refractivity contribution is 9.10. The van der Waals surface area contributed by atoms with Crippen molar-refractivity contribution in [1.82, 2.24) is 10.3 Å². The Morgan fingerprint density at radius 1 is 1.40 bits per heavy atom. The molecule has 0 aliphatic heterocycles. The number of methoxy groups -OCH3 is 1. The molecule has 0 saturated heterocycles. The summed E-state index contributed by atoms with van der Waals surface area (Å²) in [7, 11) is 1.75. The van der Waals surface area contributed by atoms with E-state index in [2.05, 4.69) is 38.4 Å². The molecule has 3 nitrogen and oxygen atoms in total. The molecule has 112 valence electrons. The fourth-order valence-corrected chi connectivity index (χ4v) is 3.33. The Morgan fingerprint density at radius 3 is 2.85 bits per heavy atom. The molecule has 1 aliphatic rings. The van der Waals surface area contributed by atoms with E-state index >= 15 is 0 Å². The standard InChI is InChI=1S/C16H25BrN2O/c1-20-9-8-18-11-14(13-4-2-3-5-13)10-16-7-6-15(17)12-19-16/h6-7,12-14,18H,2-5,8-11H2,1H3. The van der Waals surface area contributed by atoms with Crippen molar-refractivity contribution in [3.8, 4) is 0 Å². The molecule has 1 heterocycles. The summed E-state index contributed by atoms with van der Waals surface area (Å²) in [5, 5.41) is 3.53. The molecule has 0 amide bonds. The zero-order chi connectivity index (χ0) is 14.2. The van der Waals surface area contributed by atoms with Crippen LogP contribution in [0, 0.1) is 11.8 Å². The van der Waals surface area contributed by atoms with Gasteiger partial charge in [-0.3, -0.25) is 4.98 Å². The fourth-order valence-electron chi connectivity index (χ4n) is 3.09. The molecule has 1 atom stereocenters. The Hall–Kier alpha value is -0.450. The van der Waals surface area contributed by atoms with E-state index < -0.39 is 0 Å². The topological polar surface area (TPSA) is 34.1 Å². The normalized spacial score (nSPS) is 17.5. The van der Waals surface area contributed by atoms with Crippen LogP contribution in [0.4, 0.5) is 0 Å². The van der Waals surface area contributed by atoms with Crippen molar-refractivity contribution in [2.24, 2.45) is 11.8 Å². The summed E-state index contributed by atoms with van der Waals surface area (Å²) in [5.41, 5.74) is 1.21. The van der Waals surface area contributed by atoms with E-state index in [9.17, 15) is 0 Å². The van der Waals surface area contributed by atoms with Gasteiger partial charge in [-0.2, -0.15) is 0 Å². The number of nitrogens with zero attached hydrogens (tertiary/aromatic N) is 1. The first-order valence-electron chi connectivity index (χ1n) is 7.59. The maximum Gasteiger partial charge on any atom is 0.0587 e. The zero-order valence-electron chi connectivity index (χ0n) is 12.3. The van der Waals surface area contributed by atoms with Crippen LogP contribution in [-0.2, 0) is 11.2 Å². The Balaban J connectivity index is 1.89. The van der Waals surface area contributed by atoms with E-state index in [1.807, 2.05) is 6.20 Å². The lowest BCUT2D eigenvalue weighted by Gasteiger charge is -2.23. The second kappa shape index (κ2) is 8.75. The molecule has 1 aliphatic carbocycles. The van der Waals surface area contributed by atoms with Crippen LogP contribution in [0.15, 0.2) is 22.8 Å². The van der Waals surface area contributed by atoms with Crippen molar-refractivity contribution < 1.29 is 4.74 Å². The smallest absolute Gasteiger partial charge is 0.0587 e. The van der Waals surface area contributed by atoms with Crippen LogP contribution < -0.4 is 5.32 Å². The number of pyridine rings is 1. The zero-order valence-corrected chi connectivity index (χ0v) is 13.9. The number of rotatable bonds is 8. The van der Waals surface area contributed by atoms with Crippen molar-refractivity contribution in [2.45, 2.75) is 32.1 Å². The molecule has 0 radical (unpaired) electrons. The molecule has 0 spiro atoms. The maximum absolute atomic E-state index is 5.10. The van der Waals surface area contributed by atoms with Crippen molar-refractivity contribution in [3.63, 3.8) is 0 Å². The van der Waals surface area contributed by atoms with E-state index in [0.717, 1.165) is 36.5 Å². The highest BCUT2D eigenvalue weighted by Gasteiger charge is 2.25. The summed E-state index contributed by atoms with van der Waals surface area (Å²) < 4.78 is 6.15. The Morgan fingerprint density at radius 2 is 2.20 bits per heavy atom. The lowest BCUT2D eigenvalue weighted by Crippen LogP contribution is -2.31. The molecule has 1 aromatic rings. The molecule has 20 heavy (non-hydrogen) atoms. The van der Waals surface area contributed by atoms with Crippen molar-refractivity contribution in [3.05, 3.63) is 28.5 Å².